The van der Waals surface area contributed by atoms with Gasteiger partial charge in [-0.3, -0.25) is 9.59 Å². The van der Waals surface area contributed by atoms with Gasteiger partial charge < -0.3 is 9.80 Å². The van der Waals surface area contributed by atoms with Crippen molar-refractivity contribution in [1.82, 2.24) is 9.80 Å². The van der Waals surface area contributed by atoms with Crippen LogP contribution >= 0.6 is 11.3 Å². The topological polar surface area (TPSA) is 40.6 Å². The molecule has 0 bridgehead atoms. The zero-order valence-corrected chi connectivity index (χ0v) is 16.9. The first-order valence-electron chi connectivity index (χ1n) is 9.87. The lowest BCUT2D eigenvalue weighted by Gasteiger charge is -2.28. The van der Waals surface area contributed by atoms with Crippen molar-refractivity contribution >= 4 is 23.2 Å². The summed E-state index contributed by atoms with van der Waals surface area (Å²) >= 11 is 1.63. The average Bonchev–Trinajstić information content (AvgIpc) is 3.59. The van der Waals surface area contributed by atoms with E-state index >= 15 is 0 Å². The summed E-state index contributed by atoms with van der Waals surface area (Å²) < 4.78 is 13.3. The standard InChI is InChI=1S/C22H25FN2O2S/c1-15-10-11-28-20(15)13-24(12-16-2-6-18(23)7-3-16)21(26)14-25(19-8-9-19)22(27)17-4-5-17/h2-3,6-7,10-11,17,19H,4-5,8-9,12-14H2,1H3. The first-order chi connectivity index (χ1) is 13.5. The predicted octanol–water partition coefficient (Wildman–Crippen LogP) is 4.13. The van der Waals surface area contributed by atoms with Gasteiger partial charge in [-0.05, 0) is 67.3 Å². The van der Waals surface area contributed by atoms with Crippen molar-refractivity contribution in [3.8, 4) is 0 Å². The van der Waals surface area contributed by atoms with Gasteiger partial charge in [-0.15, -0.1) is 11.3 Å². The van der Waals surface area contributed by atoms with E-state index in [9.17, 15) is 14.0 Å². The Morgan fingerprint density at radius 1 is 1.07 bits per heavy atom. The second-order valence-electron chi connectivity index (χ2n) is 7.87. The third-order valence-electron chi connectivity index (χ3n) is 5.44. The Hall–Kier alpha value is -2.21. The molecule has 0 aliphatic heterocycles. The summed E-state index contributed by atoms with van der Waals surface area (Å²) in [6.45, 7) is 3.10. The Morgan fingerprint density at radius 3 is 2.36 bits per heavy atom. The number of carbonyl (C=O) groups excluding carboxylic acids is 2. The van der Waals surface area contributed by atoms with Crippen LogP contribution in [-0.4, -0.2) is 34.2 Å². The van der Waals surface area contributed by atoms with E-state index in [1.807, 2.05) is 18.4 Å². The summed E-state index contributed by atoms with van der Waals surface area (Å²) in [7, 11) is 0. The lowest BCUT2D eigenvalue weighted by molar-refractivity contribution is -0.142. The van der Waals surface area contributed by atoms with Crippen LogP contribution in [0.3, 0.4) is 0 Å². The molecule has 2 fully saturated rings. The molecular formula is C22H25FN2O2S. The van der Waals surface area contributed by atoms with Crippen molar-refractivity contribution in [2.75, 3.05) is 6.54 Å². The van der Waals surface area contributed by atoms with E-state index in [1.54, 1.807) is 33.3 Å². The van der Waals surface area contributed by atoms with Crippen LogP contribution in [0.15, 0.2) is 35.7 Å². The second kappa shape index (κ2) is 8.03. The first kappa shape index (κ1) is 19.1. The van der Waals surface area contributed by atoms with E-state index in [0.29, 0.717) is 13.1 Å². The van der Waals surface area contributed by atoms with Gasteiger partial charge in [0.2, 0.25) is 11.8 Å². The lowest BCUT2D eigenvalue weighted by Crippen LogP contribution is -2.44. The molecule has 1 aromatic carbocycles. The molecule has 0 unspecified atom stereocenters. The van der Waals surface area contributed by atoms with Crippen LogP contribution in [0.2, 0.25) is 0 Å². The molecule has 4 nitrogen and oxygen atoms in total. The van der Waals surface area contributed by atoms with Gasteiger partial charge in [0.1, 0.15) is 12.4 Å². The number of nitrogens with zero attached hydrogens (tertiary/aromatic N) is 2. The van der Waals surface area contributed by atoms with Crippen molar-refractivity contribution in [2.24, 2.45) is 5.92 Å². The van der Waals surface area contributed by atoms with Crippen molar-refractivity contribution in [3.05, 3.63) is 57.5 Å². The molecule has 0 atom stereocenters. The molecule has 2 saturated carbocycles. The van der Waals surface area contributed by atoms with Crippen LogP contribution in [0, 0.1) is 18.7 Å². The summed E-state index contributed by atoms with van der Waals surface area (Å²) in [6.07, 6.45) is 3.88. The number of rotatable bonds is 8. The van der Waals surface area contributed by atoms with Crippen LogP contribution in [-0.2, 0) is 22.7 Å². The monoisotopic (exact) mass is 400 g/mol. The van der Waals surface area contributed by atoms with E-state index in [0.717, 1.165) is 41.7 Å². The van der Waals surface area contributed by atoms with E-state index in [1.165, 1.54) is 12.1 Å². The molecule has 1 aromatic heterocycles. The Bertz CT molecular complexity index is 856. The quantitative estimate of drug-likeness (QED) is 0.669. The molecule has 4 rings (SSSR count). The highest BCUT2D eigenvalue weighted by atomic mass is 32.1. The SMILES string of the molecule is Cc1ccsc1CN(Cc1ccc(F)cc1)C(=O)CN(C(=O)C1CC1)C1CC1. The average molecular weight is 401 g/mol. The minimum atomic E-state index is -0.286. The van der Waals surface area contributed by atoms with E-state index in [2.05, 4.69) is 0 Å². The number of hydrogen-bond acceptors (Lipinski definition) is 3. The van der Waals surface area contributed by atoms with Gasteiger partial charge in [-0.2, -0.15) is 0 Å². The molecule has 148 valence electrons. The molecule has 0 N–H and O–H groups in total. The predicted molar refractivity (Wildman–Crippen MR) is 107 cm³/mol. The number of carbonyl (C=O) groups is 2. The van der Waals surface area contributed by atoms with Gasteiger partial charge in [-0.1, -0.05) is 12.1 Å². The molecule has 0 saturated heterocycles. The zero-order valence-electron chi connectivity index (χ0n) is 16.1. The largest absolute Gasteiger partial charge is 0.332 e. The minimum absolute atomic E-state index is 0.0435. The fourth-order valence-corrected chi connectivity index (χ4v) is 4.29. The lowest BCUT2D eigenvalue weighted by atomic mass is 10.2. The Kier molecular flexibility index (Phi) is 5.49. The van der Waals surface area contributed by atoms with Gasteiger partial charge in [0, 0.05) is 23.4 Å². The molecule has 0 spiro atoms. The van der Waals surface area contributed by atoms with Crippen LogP contribution in [0.5, 0.6) is 0 Å². The van der Waals surface area contributed by atoms with E-state index < -0.39 is 0 Å². The van der Waals surface area contributed by atoms with Crippen molar-refractivity contribution in [1.29, 1.82) is 0 Å². The van der Waals surface area contributed by atoms with Gasteiger partial charge in [0.15, 0.2) is 0 Å². The Morgan fingerprint density at radius 2 is 1.79 bits per heavy atom. The van der Waals surface area contributed by atoms with Crippen LogP contribution < -0.4 is 0 Å². The maximum Gasteiger partial charge on any atom is 0.242 e. The number of thiophene rings is 1. The highest BCUT2D eigenvalue weighted by Crippen LogP contribution is 2.36. The van der Waals surface area contributed by atoms with Crippen LogP contribution in [0.1, 0.15) is 41.7 Å². The van der Waals surface area contributed by atoms with Crippen LogP contribution in [0.25, 0.3) is 0 Å². The summed E-state index contributed by atoms with van der Waals surface area (Å²) in [6, 6.07) is 8.54. The molecule has 2 aromatic rings. The number of hydrogen-bond donors (Lipinski definition) is 0. The maximum absolute atomic E-state index is 13.3. The summed E-state index contributed by atoms with van der Waals surface area (Å²) in [5.41, 5.74) is 2.05. The maximum atomic E-state index is 13.3. The van der Waals surface area contributed by atoms with Gasteiger partial charge in [0.25, 0.3) is 0 Å². The fourth-order valence-electron chi connectivity index (χ4n) is 3.37. The van der Waals surface area contributed by atoms with Crippen LogP contribution in [0.4, 0.5) is 4.39 Å². The first-order valence-corrected chi connectivity index (χ1v) is 10.7. The Balaban J connectivity index is 1.50. The highest BCUT2D eigenvalue weighted by Gasteiger charge is 2.41. The van der Waals surface area contributed by atoms with Gasteiger partial charge in [-0.25, -0.2) is 4.39 Å². The number of aryl methyl sites for hydroxylation is 1. The van der Waals surface area contributed by atoms with Crippen molar-refractivity contribution in [2.45, 2.75) is 51.7 Å². The number of amides is 2. The molecule has 2 aliphatic carbocycles. The minimum Gasteiger partial charge on any atom is -0.332 e. The third-order valence-corrected chi connectivity index (χ3v) is 6.45. The number of halogens is 1. The highest BCUT2D eigenvalue weighted by molar-refractivity contribution is 7.10. The molecular weight excluding hydrogens is 375 g/mol. The second-order valence-corrected chi connectivity index (χ2v) is 8.88. The zero-order chi connectivity index (χ0) is 19.7. The number of benzene rings is 1. The fraction of sp³-hybridized carbons (Fsp3) is 0.455. The van der Waals surface area contributed by atoms with Crippen molar-refractivity contribution in [3.63, 3.8) is 0 Å². The molecule has 28 heavy (non-hydrogen) atoms. The normalized spacial score (nSPS) is 16.1. The summed E-state index contributed by atoms with van der Waals surface area (Å²) in [5, 5.41) is 2.03. The molecule has 2 aliphatic rings. The van der Waals surface area contributed by atoms with E-state index in [4.69, 9.17) is 0 Å². The molecule has 0 radical (unpaired) electrons. The summed E-state index contributed by atoms with van der Waals surface area (Å²) in [5.74, 6) is -0.0629. The van der Waals surface area contributed by atoms with E-state index in [-0.39, 0.29) is 36.1 Å². The smallest absolute Gasteiger partial charge is 0.242 e. The molecule has 6 heteroatoms. The summed E-state index contributed by atoms with van der Waals surface area (Å²) in [4.78, 5) is 30.6. The third kappa shape index (κ3) is 4.61. The van der Waals surface area contributed by atoms with Crippen molar-refractivity contribution < 1.29 is 14.0 Å². The molecule has 2 amide bonds. The Labute approximate surface area is 169 Å². The van der Waals surface area contributed by atoms with Gasteiger partial charge >= 0.3 is 0 Å². The molecule has 1 heterocycles. The van der Waals surface area contributed by atoms with Gasteiger partial charge in [0.05, 0.1) is 6.54 Å².